The lowest BCUT2D eigenvalue weighted by molar-refractivity contribution is -0.117. The Bertz CT molecular complexity index is 2400. The molecular formula is C40H41NO9. The van der Waals surface area contributed by atoms with E-state index in [1.807, 2.05) is 13.0 Å². The van der Waals surface area contributed by atoms with Crippen LogP contribution in [0.4, 0.5) is 5.69 Å². The Morgan fingerprint density at radius 3 is 2.02 bits per heavy atom. The molecule has 6 N–H and O–H groups in total. The zero-order valence-corrected chi connectivity index (χ0v) is 28.4. The molecule has 0 spiro atoms. The first kappa shape index (κ1) is 32.8. The summed E-state index contributed by atoms with van der Waals surface area (Å²) >= 11 is 0. The minimum absolute atomic E-state index is 0.0381. The summed E-state index contributed by atoms with van der Waals surface area (Å²) in [5.41, 5.74) is 2.44. The van der Waals surface area contributed by atoms with Crippen LogP contribution in [0.3, 0.4) is 0 Å². The summed E-state index contributed by atoms with van der Waals surface area (Å²) in [6, 6.07) is 2.49. The number of allylic oxidation sites excluding steroid dienone is 1. The maximum atomic E-state index is 14.4. The van der Waals surface area contributed by atoms with E-state index in [4.69, 9.17) is 4.74 Å². The lowest BCUT2D eigenvalue weighted by atomic mass is 9.78. The molecule has 0 aliphatic heterocycles. The number of benzene rings is 5. The number of Topliss-reactive ketones (excluding diaryl/α,β-unsaturated/α-hetero) is 1. The van der Waals surface area contributed by atoms with Gasteiger partial charge >= 0.3 is 0 Å². The topological polar surface area (TPSA) is 174 Å². The van der Waals surface area contributed by atoms with Crippen LogP contribution in [0.15, 0.2) is 27.3 Å². The van der Waals surface area contributed by atoms with Crippen LogP contribution < -0.4 is 20.9 Å². The molecule has 0 radical (unpaired) electrons. The van der Waals surface area contributed by atoms with E-state index >= 15 is 0 Å². The van der Waals surface area contributed by atoms with Crippen molar-refractivity contribution in [3.8, 4) is 11.5 Å². The number of ketones is 1. The van der Waals surface area contributed by atoms with Gasteiger partial charge in [-0.05, 0) is 115 Å². The first-order valence-corrected chi connectivity index (χ1v) is 17.5. The molecule has 2 fully saturated rings. The molecule has 8 rings (SSSR count). The standard InChI is InChI=1S/C40H41NO9/c1-16-8-24-25(10-18-4-6-22(45)9-18)39(49)33-27(48)12-20(15-43)29-30-19(14-42)11-26(47)32-35(30)36(31(24)34(29)33)37(28(16)17(2)44)40(50-3)38(32)41-21-5-7-23(46)13-21/h8,11-12,18,21-23,28,41-43,45-46,49H,4-7,9-10,13-15H2,1-3H3. The number of phenols is 1. The number of aliphatic hydroxyl groups is 4. The second-order valence-electron chi connectivity index (χ2n) is 14.7. The molecule has 5 aromatic rings. The van der Waals surface area contributed by atoms with Crippen LogP contribution in [0, 0.1) is 5.92 Å². The Balaban J connectivity index is 1.69. The molecule has 10 heteroatoms. The molecule has 0 heterocycles. The van der Waals surface area contributed by atoms with Crippen LogP contribution in [-0.2, 0) is 24.4 Å². The van der Waals surface area contributed by atoms with Crippen molar-refractivity contribution in [3.05, 3.63) is 66.0 Å². The zero-order valence-electron chi connectivity index (χ0n) is 28.4. The molecule has 2 saturated carbocycles. The van der Waals surface area contributed by atoms with Crippen LogP contribution >= 0.6 is 0 Å². The number of methoxy groups -OCH3 is 1. The smallest absolute Gasteiger partial charge is 0.190 e. The van der Waals surface area contributed by atoms with E-state index in [9.17, 15) is 39.9 Å². The molecule has 50 heavy (non-hydrogen) atoms. The van der Waals surface area contributed by atoms with E-state index in [-0.39, 0.29) is 50.8 Å². The number of fused-ring (bicyclic) bond motifs is 1. The normalized spacial score (nSPS) is 23.5. The SMILES string of the molecule is COc1c(NC2CCC(O)C2)c2c(=O)cc(CO)c3c4c(CO)cc(=O)c5c(O)c(CC6CCC(O)C6)c6c(c(c1C(C(C)=O)C(C)=C6)c23)c54. The number of carbonyl (C=O) groups excluding carboxylic acids is 1. The number of anilines is 1. The van der Waals surface area contributed by atoms with Gasteiger partial charge in [0.25, 0.3) is 0 Å². The number of rotatable bonds is 8. The highest BCUT2D eigenvalue weighted by molar-refractivity contribution is 6.39. The molecule has 5 aromatic carbocycles. The summed E-state index contributed by atoms with van der Waals surface area (Å²) in [5.74, 6) is -0.847. The number of aromatic hydroxyl groups is 1. The average molecular weight is 680 g/mol. The highest BCUT2D eigenvalue weighted by Gasteiger charge is 2.38. The quantitative estimate of drug-likeness (QED) is 0.0996. The largest absolute Gasteiger partial charge is 0.507 e. The third-order valence-corrected chi connectivity index (χ3v) is 11.7. The van der Waals surface area contributed by atoms with E-state index in [1.54, 1.807) is 0 Å². The van der Waals surface area contributed by atoms with Gasteiger partial charge in [-0.2, -0.15) is 0 Å². The molecule has 5 unspecified atom stereocenters. The number of hydrogen-bond acceptors (Lipinski definition) is 10. The van der Waals surface area contributed by atoms with Crippen LogP contribution in [0.5, 0.6) is 11.5 Å². The van der Waals surface area contributed by atoms with Crippen LogP contribution in [0.1, 0.15) is 86.1 Å². The lowest BCUT2D eigenvalue weighted by Gasteiger charge is -2.28. The van der Waals surface area contributed by atoms with Gasteiger partial charge in [0.2, 0.25) is 0 Å². The zero-order chi connectivity index (χ0) is 35.3. The number of phenolic OH excluding ortho intramolecular Hbond substituents is 1. The molecule has 0 saturated heterocycles. The van der Waals surface area contributed by atoms with Crippen molar-refractivity contribution in [1.29, 1.82) is 0 Å². The molecule has 0 bridgehead atoms. The molecule has 5 atom stereocenters. The van der Waals surface area contributed by atoms with Crippen LogP contribution in [0.25, 0.3) is 49.2 Å². The Hall–Kier alpha value is -4.35. The summed E-state index contributed by atoms with van der Waals surface area (Å²) in [4.78, 5) is 42.2. The summed E-state index contributed by atoms with van der Waals surface area (Å²) in [6.07, 6.45) is 4.94. The van der Waals surface area contributed by atoms with Gasteiger partial charge in [-0.3, -0.25) is 14.4 Å². The fourth-order valence-electron chi connectivity index (χ4n) is 9.68. The van der Waals surface area contributed by atoms with Crippen LogP contribution in [-0.4, -0.2) is 56.7 Å². The van der Waals surface area contributed by atoms with E-state index in [1.165, 1.54) is 26.2 Å². The van der Waals surface area contributed by atoms with Gasteiger partial charge in [0, 0.05) is 27.9 Å². The summed E-state index contributed by atoms with van der Waals surface area (Å²) in [5, 5.41) is 61.2. The first-order chi connectivity index (χ1) is 24.0. The molecule has 3 aliphatic rings. The van der Waals surface area contributed by atoms with Gasteiger partial charge in [0.15, 0.2) is 10.9 Å². The van der Waals surface area contributed by atoms with Crippen molar-refractivity contribution in [3.63, 3.8) is 0 Å². The summed E-state index contributed by atoms with van der Waals surface area (Å²) < 4.78 is 6.20. The van der Waals surface area contributed by atoms with Crippen molar-refractivity contribution < 1.29 is 35.1 Å². The number of nitrogens with one attached hydrogen (secondary N) is 1. The average Bonchev–Trinajstić information content (AvgIpc) is 3.65. The fourth-order valence-corrected chi connectivity index (χ4v) is 9.68. The minimum atomic E-state index is -0.833. The maximum absolute atomic E-state index is 14.4. The number of carbonyl (C=O) groups is 1. The van der Waals surface area contributed by atoms with E-state index in [0.29, 0.717) is 105 Å². The van der Waals surface area contributed by atoms with Crippen molar-refractivity contribution in [2.45, 2.75) is 96.2 Å². The molecule has 0 amide bonds. The van der Waals surface area contributed by atoms with Gasteiger partial charge < -0.3 is 35.6 Å². The van der Waals surface area contributed by atoms with Crippen LogP contribution in [0.2, 0.25) is 0 Å². The highest BCUT2D eigenvalue weighted by atomic mass is 16.5. The second-order valence-corrected chi connectivity index (χ2v) is 14.7. The van der Waals surface area contributed by atoms with E-state index in [0.717, 1.165) is 6.42 Å². The molecule has 3 aliphatic carbocycles. The molecule has 10 nitrogen and oxygen atoms in total. The Morgan fingerprint density at radius 2 is 1.46 bits per heavy atom. The van der Waals surface area contributed by atoms with Gasteiger partial charge in [0.05, 0.1) is 54.9 Å². The Kier molecular flexibility index (Phi) is 7.80. The summed E-state index contributed by atoms with van der Waals surface area (Å²) in [6.45, 7) is 2.32. The van der Waals surface area contributed by atoms with Gasteiger partial charge in [-0.25, -0.2) is 0 Å². The third kappa shape index (κ3) is 4.58. The monoisotopic (exact) mass is 679 g/mol. The van der Waals surface area contributed by atoms with Crippen molar-refractivity contribution in [2.75, 3.05) is 12.4 Å². The van der Waals surface area contributed by atoms with Gasteiger partial charge in [0.1, 0.15) is 17.3 Å². The number of hydrogen-bond donors (Lipinski definition) is 6. The number of ether oxygens (including phenoxy) is 1. The summed E-state index contributed by atoms with van der Waals surface area (Å²) in [7, 11) is 1.49. The third-order valence-electron chi connectivity index (χ3n) is 11.7. The van der Waals surface area contributed by atoms with E-state index < -0.39 is 36.8 Å². The van der Waals surface area contributed by atoms with Crippen molar-refractivity contribution >= 4 is 60.6 Å². The minimum Gasteiger partial charge on any atom is -0.507 e. The number of aliphatic hydroxyl groups excluding tert-OH is 4. The maximum Gasteiger partial charge on any atom is 0.190 e. The predicted octanol–water partition coefficient (Wildman–Crippen LogP) is 4.71. The molecular weight excluding hydrogens is 638 g/mol. The fraction of sp³-hybridized carbons (Fsp3) is 0.425. The molecule has 0 aromatic heterocycles. The molecule has 260 valence electrons. The highest BCUT2D eigenvalue weighted by Crippen LogP contribution is 2.56. The Morgan fingerprint density at radius 1 is 0.840 bits per heavy atom. The van der Waals surface area contributed by atoms with Gasteiger partial charge in [-0.1, -0.05) is 11.6 Å². The second kappa shape index (κ2) is 11.9. The van der Waals surface area contributed by atoms with Crippen molar-refractivity contribution in [1.82, 2.24) is 0 Å². The predicted molar refractivity (Wildman–Crippen MR) is 193 cm³/mol. The lowest BCUT2D eigenvalue weighted by Crippen LogP contribution is -2.21. The van der Waals surface area contributed by atoms with Gasteiger partial charge in [-0.15, -0.1) is 0 Å². The Labute approximate surface area is 287 Å². The first-order valence-electron chi connectivity index (χ1n) is 17.5. The van der Waals surface area contributed by atoms with Crippen molar-refractivity contribution in [2.24, 2.45) is 5.92 Å². The van der Waals surface area contributed by atoms with E-state index in [2.05, 4.69) is 5.32 Å².